The van der Waals surface area contributed by atoms with E-state index in [-0.39, 0.29) is 0 Å². The molecule has 0 bridgehead atoms. The molecule has 0 aliphatic carbocycles. The van der Waals surface area contributed by atoms with E-state index in [9.17, 15) is 0 Å². The number of rotatable bonds is 4. The van der Waals surface area contributed by atoms with E-state index in [0.717, 1.165) is 50.1 Å². The number of thioether (sulfide) groups is 1. The third-order valence-corrected chi connectivity index (χ3v) is 5.68. The molecule has 2 heterocycles. The molecule has 4 heteroatoms. The summed E-state index contributed by atoms with van der Waals surface area (Å²) in [5, 5.41) is 0.359. The quantitative estimate of drug-likeness (QED) is 0.848. The maximum absolute atomic E-state index is 6.06. The van der Waals surface area contributed by atoms with Gasteiger partial charge >= 0.3 is 0 Å². The molecule has 0 N–H and O–H groups in total. The Hall–Kier alpha value is -1.49. The van der Waals surface area contributed by atoms with Crippen molar-refractivity contribution in [3.8, 4) is 11.5 Å². The highest BCUT2D eigenvalue weighted by Gasteiger charge is 2.27. The van der Waals surface area contributed by atoms with Crippen LogP contribution in [0.3, 0.4) is 0 Å². The fraction of sp³-hybridized carbons (Fsp3) is 0.368. The van der Waals surface area contributed by atoms with Gasteiger partial charge in [-0.2, -0.15) is 0 Å². The summed E-state index contributed by atoms with van der Waals surface area (Å²) in [7, 11) is 0. The Morgan fingerprint density at radius 3 is 2.17 bits per heavy atom. The van der Waals surface area contributed by atoms with Crippen molar-refractivity contribution >= 4 is 11.8 Å². The lowest BCUT2D eigenvalue weighted by Gasteiger charge is -2.30. The minimum atomic E-state index is 0.359. The van der Waals surface area contributed by atoms with Gasteiger partial charge in [-0.1, -0.05) is 36.4 Å². The van der Waals surface area contributed by atoms with Crippen LogP contribution in [0.2, 0.25) is 0 Å². The van der Waals surface area contributed by atoms with Crippen LogP contribution < -0.4 is 4.74 Å². The zero-order chi connectivity index (χ0) is 15.5. The summed E-state index contributed by atoms with van der Waals surface area (Å²) < 4.78 is 11.5. The van der Waals surface area contributed by atoms with Crippen LogP contribution in [0, 0.1) is 0 Å². The summed E-state index contributed by atoms with van der Waals surface area (Å²) in [6.07, 6.45) is 0. The lowest BCUT2D eigenvalue weighted by Crippen LogP contribution is -2.37. The molecule has 1 fully saturated rings. The average Bonchev–Trinajstić information content (AvgIpc) is 2.62. The summed E-state index contributed by atoms with van der Waals surface area (Å²) in [5.74, 6) is 3.11. The standard InChI is InChI=1S/C19H21NO2S/c1-3-7-17-15(5-1)19(16-6-2-4-8-18(16)22-17)23-14-11-20-9-12-21-13-10-20/h1-8,19H,9-14H2. The summed E-state index contributed by atoms with van der Waals surface area (Å²) >= 11 is 2.01. The van der Waals surface area contributed by atoms with Gasteiger partial charge in [-0.25, -0.2) is 0 Å². The second kappa shape index (κ2) is 6.95. The van der Waals surface area contributed by atoms with Crippen molar-refractivity contribution < 1.29 is 9.47 Å². The van der Waals surface area contributed by atoms with Gasteiger partial charge in [0, 0.05) is 36.5 Å². The van der Waals surface area contributed by atoms with Gasteiger partial charge in [0.15, 0.2) is 0 Å². The first-order valence-corrected chi connectivity index (χ1v) is 9.24. The predicted molar refractivity (Wildman–Crippen MR) is 94.5 cm³/mol. The fourth-order valence-electron chi connectivity index (χ4n) is 3.17. The molecular formula is C19H21NO2S. The number of hydrogen-bond donors (Lipinski definition) is 0. The maximum Gasteiger partial charge on any atom is 0.132 e. The van der Waals surface area contributed by atoms with Crippen LogP contribution in [0.25, 0.3) is 0 Å². The molecule has 4 rings (SSSR count). The first-order chi connectivity index (χ1) is 11.4. The number of nitrogens with zero attached hydrogens (tertiary/aromatic N) is 1. The van der Waals surface area contributed by atoms with Gasteiger partial charge in [-0.3, -0.25) is 4.90 Å². The van der Waals surface area contributed by atoms with E-state index in [1.165, 1.54) is 11.1 Å². The minimum absolute atomic E-state index is 0.359. The van der Waals surface area contributed by atoms with E-state index >= 15 is 0 Å². The Morgan fingerprint density at radius 2 is 1.52 bits per heavy atom. The molecule has 0 spiro atoms. The number of morpholine rings is 1. The summed E-state index contributed by atoms with van der Waals surface area (Å²) in [5.41, 5.74) is 2.58. The highest BCUT2D eigenvalue weighted by Crippen LogP contribution is 2.48. The molecule has 2 aliphatic heterocycles. The Balaban J connectivity index is 1.50. The van der Waals surface area contributed by atoms with Gasteiger partial charge in [0.25, 0.3) is 0 Å². The van der Waals surface area contributed by atoms with Gasteiger partial charge in [0.1, 0.15) is 11.5 Å². The van der Waals surface area contributed by atoms with Gasteiger partial charge in [0.2, 0.25) is 0 Å². The highest BCUT2D eigenvalue weighted by atomic mass is 32.2. The van der Waals surface area contributed by atoms with Crippen LogP contribution in [0.4, 0.5) is 0 Å². The minimum Gasteiger partial charge on any atom is -0.457 e. The van der Waals surface area contributed by atoms with Gasteiger partial charge < -0.3 is 9.47 Å². The molecule has 0 aromatic heterocycles. The molecule has 2 aliphatic rings. The van der Waals surface area contributed by atoms with Crippen LogP contribution in [-0.2, 0) is 4.74 Å². The van der Waals surface area contributed by atoms with Crippen LogP contribution in [-0.4, -0.2) is 43.5 Å². The molecular weight excluding hydrogens is 306 g/mol. The average molecular weight is 327 g/mol. The predicted octanol–water partition coefficient (Wildman–Crippen LogP) is 3.95. The van der Waals surface area contributed by atoms with E-state index in [4.69, 9.17) is 9.47 Å². The molecule has 3 nitrogen and oxygen atoms in total. The smallest absolute Gasteiger partial charge is 0.132 e. The Labute approximate surface area is 141 Å². The third kappa shape index (κ3) is 3.25. The number of benzene rings is 2. The van der Waals surface area contributed by atoms with Gasteiger partial charge in [-0.15, -0.1) is 11.8 Å². The number of fused-ring (bicyclic) bond motifs is 2. The van der Waals surface area contributed by atoms with E-state index < -0.39 is 0 Å². The number of hydrogen-bond acceptors (Lipinski definition) is 4. The van der Waals surface area contributed by atoms with Crippen molar-refractivity contribution in [1.82, 2.24) is 4.90 Å². The Kier molecular flexibility index (Phi) is 4.55. The molecule has 23 heavy (non-hydrogen) atoms. The molecule has 2 aromatic rings. The van der Waals surface area contributed by atoms with Crippen LogP contribution in [0.1, 0.15) is 16.4 Å². The van der Waals surface area contributed by atoms with Crippen molar-refractivity contribution in [2.24, 2.45) is 0 Å². The first-order valence-electron chi connectivity index (χ1n) is 8.19. The fourth-order valence-corrected chi connectivity index (χ4v) is 4.52. The van der Waals surface area contributed by atoms with Crippen molar-refractivity contribution in [3.05, 3.63) is 59.7 Å². The van der Waals surface area contributed by atoms with Gasteiger partial charge in [0.05, 0.1) is 18.5 Å². The molecule has 0 saturated carbocycles. The molecule has 0 unspecified atom stereocenters. The van der Waals surface area contributed by atoms with E-state index in [1.807, 2.05) is 23.9 Å². The van der Waals surface area contributed by atoms with Crippen LogP contribution in [0.15, 0.2) is 48.5 Å². The van der Waals surface area contributed by atoms with Crippen LogP contribution >= 0.6 is 11.8 Å². The lowest BCUT2D eigenvalue weighted by molar-refractivity contribution is 0.0410. The normalized spacial score (nSPS) is 18.1. The van der Waals surface area contributed by atoms with Crippen LogP contribution in [0.5, 0.6) is 11.5 Å². The number of ether oxygens (including phenoxy) is 2. The van der Waals surface area contributed by atoms with Gasteiger partial charge in [-0.05, 0) is 12.1 Å². The SMILES string of the molecule is c1ccc2c(c1)Oc1ccccc1C2SCCN1CCOCC1. The molecule has 0 atom stereocenters. The lowest BCUT2D eigenvalue weighted by atomic mass is 10.00. The first kappa shape index (κ1) is 15.1. The van der Waals surface area contributed by atoms with Crippen molar-refractivity contribution in [2.45, 2.75) is 5.25 Å². The maximum atomic E-state index is 6.06. The summed E-state index contributed by atoms with van der Waals surface area (Å²) in [6, 6.07) is 16.8. The summed E-state index contributed by atoms with van der Waals surface area (Å²) in [6.45, 7) is 4.97. The topological polar surface area (TPSA) is 21.7 Å². The zero-order valence-corrected chi connectivity index (χ0v) is 13.9. The third-order valence-electron chi connectivity index (χ3n) is 4.42. The number of para-hydroxylation sites is 2. The largest absolute Gasteiger partial charge is 0.457 e. The molecule has 120 valence electrons. The second-order valence-corrected chi connectivity index (χ2v) is 7.10. The molecule has 0 amide bonds. The van der Waals surface area contributed by atoms with E-state index in [1.54, 1.807) is 0 Å². The molecule has 2 aromatic carbocycles. The van der Waals surface area contributed by atoms with E-state index in [0.29, 0.717) is 5.25 Å². The molecule has 1 saturated heterocycles. The molecule has 0 radical (unpaired) electrons. The monoisotopic (exact) mass is 327 g/mol. The second-order valence-electron chi connectivity index (χ2n) is 5.88. The summed E-state index contributed by atoms with van der Waals surface area (Å²) in [4.78, 5) is 2.49. The Bertz CT molecular complexity index is 624. The highest BCUT2D eigenvalue weighted by molar-refractivity contribution is 7.99. The van der Waals surface area contributed by atoms with Crippen molar-refractivity contribution in [3.63, 3.8) is 0 Å². The Morgan fingerprint density at radius 1 is 0.913 bits per heavy atom. The van der Waals surface area contributed by atoms with Crippen molar-refractivity contribution in [1.29, 1.82) is 0 Å². The zero-order valence-electron chi connectivity index (χ0n) is 13.1. The van der Waals surface area contributed by atoms with E-state index in [2.05, 4.69) is 41.3 Å². The van der Waals surface area contributed by atoms with Crippen molar-refractivity contribution in [2.75, 3.05) is 38.6 Å².